The fraction of sp³-hybridized carbons (Fsp3) is 0.208. The molecule has 2 heterocycles. The minimum atomic E-state index is -2.61. The number of halogens is 2. The Kier molecular flexibility index (Phi) is 5.61. The summed E-state index contributed by atoms with van der Waals surface area (Å²) in [6.45, 7) is 2.95. The first-order chi connectivity index (χ1) is 15.3. The van der Waals surface area contributed by atoms with Crippen molar-refractivity contribution < 1.29 is 22.8 Å². The van der Waals surface area contributed by atoms with Crippen LogP contribution in [0.4, 0.5) is 20.2 Å². The van der Waals surface area contributed by atoms with Gasteiger partial charge in [-0.15, -0.1) is 0 Å². The molecule has 4 rings (SSSR count). The van der Waals surface area contributed by atoms with Crippen molar-refractivity contribution in [2.75, 3.05) is 16.8 Å². The van der Waals surface area contributed by atoms with Crippen LogP contribution < -0.4 is 15.8 Å². The summed E-state index contributed by atoms with van der Waals surface area (Å²) in [4.78, 5) is 40.1. The Bertz CT molecular complexity index is 1250. The minimum absolute atomic E-state index is 0.159. The lowest BCUT2D eigenvalue weighted by molar-refractivity contribution is -0.122. The van der Waals surface area contributed by atoms with Crippen molar-refractivity contribution in [1.82, 2.24) is 0 Å². The predicted octanol–water partition coefficient (Wildman–Crippen LogP) is 4.64. The van der Waals surface area contributed by atoms with Crippen molar-refractivity contribution in [1.29, 1.82) is 0 Å². The van der Waals surface area contributed by atoms with E-state index in [0.29, 0.717) is 28.3 Å². The topological polar surface area (TPSA) is 79.6 Å². The first kappa shape index (κ1) is 21.4. The van der Waals surface area contributed by atoms with E-state index in [1.54, 1.807) is 44.2 Å². The van der Waals surface area contributed by atoms with Crippen LogP contribution in [0.1, 0.15) is 36.2 Å². The summed E-state index contributed by atoms with van der Waals surface area (Å²) in [5, 5.41) is 2.61. The second-order valence-electron chi connectivity index (χ2n) is 7.61. The number of amides is 2. The van der Waals surface area contributed by atoms with Crippen LogP contribution in [0.3, 0.4) is 0 Å². The minimum Gasteiger partial charge on any atom is -0.428 e. The molecule has 0 radical (unpaired) electrons. The Morgan fingerprint density at radius 1 is 1.12 bits per heavy atom. The number of nitrogens with one attached hydrogen (secondary N) is 1. The normalized spacial score (nSPS) is 15.2. The van der Waals surface area contributed by atoms with Crippen LogP contribution in [0.15, 0.2) is 63.8 Å². The van der Waals surface area contributed by atoms with E-state index in [4.69, 9.17) is 4.42 Å². The number of rotatable bonds is 4. The highest BCUT2D eigenvalue weighted by atomic mass is 19.3. The molecule has 1 aliphatic rings. The Morgan fingerprint density at radius 2 is 1.81 bits per heavy atom. The number of carbonyl (C=O) groups is 2. The third-order valence-corrected chi connectivity index (χ3v) is 5.43. The standard InChI is InChI=1S/C24H20F2N2O4/c1-13-11-19-21(24(31)32-13)18-6-4-3-5-17(18)14(2)23(30)28(19)12-20(29)27-16-9-7-15(8-10-16)22(25)26/h3-11,14,22H,12H2,1-2H3,(H,27,29)/t14-/m0/s1. The summed E-state index contributed by atoms with van der Waals surface area (Å²) in [6, 6.07) is 13.8. The van der Waals surface area contributed by atoms with Crippen LogP contribution in [0.5, 0.6) is 0 Å². The SMILES string of the molecule is Cc1cc2c(c(=O)o1)-c1ccccc1[C@H](C)C(=O)N2CC(=O)Nc1ccc(C(F)F)cc1. The molecule has 0 unspecified atom stereocenters. The lowest BCUT2D eigenvalue weighted by atomic mass is 9.93. The van der Waals surface area contributed by atoms with Crippen molar-refractivity contribution in [3.8, 4) is 11.1 Å². The number of nitrogens with zero attached hydrogens (tertiary/aromatic N) is 1. The van der Waals surface area contributed by atoms with Gasteiger partial charge in [-0.25, -0.2) is 13.6 Å². The van der Waals surface area contributed by atoms with E-state index in [2.05, 4.69) is 5.32 Å². The molecule has 0 saturated heterocycles. The maximum Gasteiger partial charge on any atom is 0.345 e. The van der Waals surface area contributed by atoms with E-state index in [9.17, 15) is 23.2 Å². The Labute approximate surface area is 182 Å². The number of hydrogen-bond donors (Lipinski definition) is 1. The highest BCUT2D eigenvalue weighted by Gasteiger charge is 2.34. The van der Waals surface area contributed by atoms with Crippen LogP contribution in [0.25, 0.3) is 11.1 Å². The number of anilines is 2. The second-order valence-corrected chi connectivity index (χ2v) is 7.61. The third kappa shape index (κ3) is 3.91. The zero-order valence-electron chi connectivity index (χ0n) is 17.4. The number of fused-ring (bicyclic) bond motifs is 3. The fourth-order valence-corrected chi connectivity index (χ4v) is 3.86. The van der Waals surface area contributed by atoms with Gasteiger partial charge in [-0.1, -0.05) is 36.4 Å². The Morgan fingerprint density at radius 3 is 2.50 bits per heavy atom. The lowest BCUT2D eigenvalue weighted by Crippen LogP contribution is -2.40. The van der Waals surface area contributed by atoms with Gasteiger partial charge in [-0.2, -0.15) is 0 Å². The molecular formula is C24H20F2N2O4. The van der Waals surface area contributed by atoms with Gasteiger partial charge in [0.2, 0.25) is 11.8 Å². The molecule has 6 nitrogen and oxygen atoms in total. The average molecular weight is 438 g/mol. The van der Waals surface area contributed by atoms with Crippen molar-refractivity contribution in [2.45, 2.75) is 26.2 Å². The maximum absolute atomic E-state index is 13.3. The second kappa shape index (κ2) is 8.37. The number of alkyl halides is 2. The number of carbonyl (C=O) groups excluding carboxylic acids is 2. The van der Waals surface area contributed by atoms with Gasteiger partial charge >= 0.3 is 5.63 Å². The van der Waals surface area contributed by atoms with E-state index < -0.39 is 23.9 Å². The van der Waals surface area contributed by atoms with Gasteiger partial charge < -0.3 is 14.6 Å². The number of hydrogen-bond acceptors (Lipinski definition) is 4. The van der Waals surface area contributed by atoms with Crippen LogP contribution in [0.2, 0.25) is 0 Å². The molecule has 32 heavy (non-hydrogen) atoms. The van der Waals surface area contributed by atoms with Gasteiger partial charge in [0.15, 0.2) is 0 Å². The van der Waals surface area contributed by atoms with E-state index in [1.165, 1.54) is 29.2 Å². The maximum atomic E-state index is 13.3. The van der Waals surface area contributed by atoms with E-state index >= 15 is 0 Å². The summed E-state index contributed by atoms with van der Waals surface area (Å²) in [5.74, 6) is -1.17. The molecule has 0 fully saturated rings. The van der Waals surface area contributed by atoms with Gasteiger partial charge in [0.25, 0.3) is 6.43 Å². The molecule has 164 valence electrons. The van der Waals surface area contributed by atoms with Crippen molar-refractivity contribution in [3.05, 3.63) is 81.9 Å². The zero-order chi connectivity index (χ0) is 23.0. The highest BCUT2D eigenvalue weighted by molar-refractivity contribution is 6.09. The molecule has 0 bridgehead atoms. The predicted molar refractivity (Wildman–Crippen MR) is 116 cm³/mol. The summed E-state index contributed by atoms with van der Waals surface area (Å²) in [7, 11) is 0. The zero-order valence-corrected chi connectivity index (χ0v) is 17.4. The highest BCUT2D eigenvalue weighted by Crippen LogP contribution is 2.39. The molecule has 1 aliphatic heterocycles. The fourth-order valence-electron chi connectivity index (χ4n) is 3.86. The molecule has 1 atom stereocenters. The van der Waals surface area contributed by atoms with Crippen molar-refractivity contribution >= 4 is 23.2 Å². The van der Waals surface area contributed by atoms with Gasteiger partial charge in [0.05, 0.1) is 17.2 Å². The monoisotopic (exact) mass is 438 g/mol. The third-order valence-electron chi connectivity index (χ3n) is 5.43. The van der Waals surface area contributed by atoms with Crippen LogP contribution >= 0.6 is 0 Å². The van der Waals surface area contributed by atoms with Gasteiger partial charge in [-0.3, -0.25) is 9.59 Å². The quantitative estimate of drug-likeness (QED) is 0.644. The molecule has 0 aliphatic carbocycles. The lowest BCUT2D eigenvalue weighted by Gasteiger charge is -2.24. The van der Waals surface area contributed by atoms with E-state index in [1.807, 2.05) is 0 Å². The van der Waals surface area contributed by atoms with E-state index in [-0.39, 0.29) is 23.6 Å². The number of aryl methyl sites for hydroxylation is 1. The number of benzene rings is 2. The first-order valence-electron chi connectivity index (χ1n) is 9.99. The summed E-state index contributed by atoms with van der Waals surface area (Å²) >= 11 is 0. The van der Waals surface area contributed by atoms with Crippen molar-refractivity contribution in [3.63, 3.8) is 0 Å². The Hall–Kier alpha value is -3.81. The Balaban J connectivity index is 1.70. The summed E-state index contributed by atoms with van der Waals surface area (Å²) < 4.78 is 30.8. The smallest absolute Gasteiger partial charge is 0.345 e. The molecule has 2 amide bonds. The molecule has 1 N–H and O–H groups in total. The molecule has 0 saturated carbocycles. The average Bonchev–Trinajstić information content (AvgIpc) is 2.84. The van der Waals surface area contributed by atoms with Gasteiger partial charge in [0, 0.05) is 17.3 Å². The molecule has 0 spiro atoms. The first-order valence-corrected chi connectivity index (χ1v) is 9.99. The molecule has 3 aromatic rings. The summed E-state index contributed by atoms with van der Waals surface area (Å²) in [5.41, 5.74) is 1.34. The molecule has 2 aromatic carbocycles. The van der Waals surface area contributed by atoms with E-state index in [0.717, 1.165) is 0 Å². The van der Waals surface area contributed by atoms with Gasteiger partial charge in [0.1, 0.15) is 12.3 Å². The van der Waals surface area contributed by atoms with Crippen LogP contribution in [-0.4, -0.2) is 18.4 Å². The van der Waals surface area contributed by atoms with Crippen LogP contribution in [-0.2, 0) is 9.59 Å². The molecular weight excluding hydrogens is 418 g/mol. The van der Waals surface area contributed by atoms with Crippen LogP contribution in [0, 0.1) is 6.92 Å². The van der Waals surface area contributed by atoms with Gasteiger partial charge in [-0.05, 0) is 37.1 Å². The largest absolute Gasteiger partial charge is 0.428 e. The molecule has 1 aromatic heterocycles. The summed E-state index contributed by atoms with van der Waals surface area (Å²) in [6.07, 6.45) is -2.61. The van der Waals surface area contributed by atoms with Crippen molar-refractivity contribution in [2.24, 2.45) is 0 Å². The molecule has 8 heteroatoms.